The summed E-state index contributed by atoms with van der Waals surface area (Å²) in [6.07, 6.45) is -4.45. The third-order valence-electron chi connectivity index (χ3n) is 3.75. The van der Waals surface area contributed by atoms with Crippen LogP contribution in [0.5, 0.6) is 0 Å². The number of anilines is 1. The van der Waals surface area contributed by atoms with Crippen LogP contribution in [0.2, 0.25) is 0 Å². The largest absolute Gasteiger partial charge is 0.469 e. The van der Waals surface area contributed by atoms with Crippen LogP contribution in [0.15, 0.2) is 11.1 Å². The number of aromatic nitrogens is 4. The minimum atomic E-state index is -4.80. The summed E-state index contributed by atoms with van der Waals surface area (Å²) in [7, 11) is -4.80. The highest BCUT2D eigenvalue weighted by atomic mass is 31.2. The number of nitrogens with one attached hydrogen (secondary N) is 2. The highest BCUT2D eigenvalue weighted by Gasteiger charge is 2.45. The van der Waals surface area contributed by atoms with E-state index in [4.69, 9.17) is 14.5 Å². The number of ether oxygens (including phenoxy) is 1. The van der Waals surface area contributed by atoms with E-state index in [2.05, 4.69) is 24.8 Å². The molecule has 3 heterocycles. The number of H-pyrrole nitrogens is 1. The molecule has 14 nitrogen and oxygen atoms in total. The molecule has 0 unspecified atom stereocenters. The molecule has 6 N–H and O–H groups in total. The predicted molar refractivity (Wildman–Crippen MR) is 86.4 cm³/mol. The van der Waals surface area contributed by atoms with E-state index in [1.807, 2.05) is 0 Å². The van der Waals surface area contributed by atoms with Gasteiger partial charge >= 0.3 is 7.82 Å². The maximum Gasteiger partial charge on any atom is 0.469 e. The summed E-state index contributed by atoms with van der Waals surface area (Å²) in [6.45, 7) is 0.532. The van der Waals surface area contributed by atoms with Crippen molar-refractivity contribution in [2.75, 3.05) is 11.9 Å². The lowest BCUT2D eigenvalue weighted by molar-refractivity contribution is -0.114. The van der Waals surface area contributed by atoms with E-state index in [1.165, 1.54) is 6.92 Å². The van der Waals surface area contributed by atoms with E-state index in [-0.39, 0.29) is 17.1 Å². The monoisotopic (exact) mass is 405 g/mol. The Kier molecular flexibility index (Phi) is 5.14. The molecule has 27 heavy (non-hydrogen) atoms. The molecule has 0 aliphatic carbocycles. The number of hydrogen-bond donors (Lipinski definition) is 6. The molecule has 0 aromatic carbocycles. The van der Waals surface area contributed by atoms with Gasteiger partial charge in [-0.15, -0.1) is 0 Å². The Labute approximate surface area is 150 Å². The van der Waals surface area contributed by atoms with Crippen LogP contribution in [0.25, 0.3) is 11.2 Å². The molecule has 0 saturated carbocycles. The highest BCUT2D eigenvalue weighted by molar-refractivity contribution is 7.46. The highest BCUT2D eigenvalue weighted by Crippen LogP contribution is 2.38. The van der Waals surface area contributed by atoms with E-state index in [1.54, 1.807) is 0 Å². The third-order valence-corrected chi connectivity index (χ3v) is 4.23. The van der Waals surface area contributed by atoms with E-state index in [0.717, 1.165) is 10.9 Å². The van der Waals surface area contributed by atoms with Gasteiger partial charge in [0.1, 0.15) is 18.3 Å². The molecule has 1 aliphatic rings. The first-order valence-corrected chi connectivity index (χ1v) is 9.06. The second-order valence-electron chi connectivity index (χ2n) is 5.75. The number of imidazole rings is 1. The number of aliphatic hydroxyl groups is 2. The van der Waals surface area contributed by atoms with Crippen molar-refractivity contribution in [2.45, 2.75) is 31.5 Å². The molecular weight excluding hydrogens is 389 g/mol. The van der Waals surface area contributed by atoms with Gasteiger partial charge in [-0.05, 0) is 0 Å². The summed E-state index contributed by atoms with van der Waals surface area (Å²) in [4.78, 5) is 50.9. The molecule has 3 rings (SSSR count). The van der Waals surface area contributed by atoms with Gasteiger partial charge < -0.3 is 24.7 Å². The second-order valence-corrected chi connectivity index (χ2v) is 6.99. The van der Waals surface area contributed by atoms with Crippen LogP contribution in [0.4, 0.5) is 5.95 Å². The molecule has 1 saturated heterocycles. The van der Waals surface area contributed by atoms with E-state index in [9.17, 15) is 24.4 Å². The molecule has 1 aliphatic heterocycles. The standard InChI is InChI=1S/C12H16N5O9P/c1-4(18)14-12-15-9-6(10(21)16-12)13-3-17(9)11-8(20)7(19)5(26-11)2-25-27(22,23)24/h3,5,7-8,11,19-20H,2H2,1H3,(H2,22,23,24)(H2,14,15,16,18,21)/t5-,7-,8-,11-/m1/s1. The summed E-state index contributed by atoms with van der Waals surface area (Å²) in [5, 5.41) is 22.6. The van der Waals surface area contributed by atoms with E-state index in [0.29, 0.717) is 0 Å². The quantitative estimate of drug-likeness (QED) is 0.294. The predicted octanol–water partition coefficient (Wildman–Crippen LogP) is -2.19. The first-order valence-electron chi connectivity index (χ1n) is 7.53. The number of rotatable bonds is 5. The Bertz CT molecular complexity index is 968. The number of aromatic amines is 1. The molecule has 148 valence electrons. The summed E-state index contributed by atoms with van der Waals surface area (Å²) >= 11 is 0. The third kappa shape index (κ3) is 4.06. The number of aliphatic hydroxyl groups excluding tert-OH is 2. The van der Waals surface area contributed by atoms with E-state index < -0.39 is 50.4 Å². The molecule has 15 heteroatoms. The lowest BCUT2D eigenvalue weighted by Crippen LogP contribution is -2.33. The van der Waals surface area contributed by atoms with Crippen LogP contribution in [-0.2, 0) is 18.6 Å². The normalized spacial score (nSPS) is 25.8. The number of amides is 1. The minimum absolute atomic E-state index is 0.0460. The van der Waals surface area contributed by atoms with Gasteiger partial charge in [-0.25, -0.2) is 9.55 Å². The second kappa shape index (κ2) is 7.09. The van der Waals surface area contributed by atoms with Gasteiger partial charge in [0, 0.05) is 6.92 Å². The summed E-state index contributed by atoms with van der Waals surface area (Å²) in [6, 6.07) is 0. The first kappa shape index (κ1) is 19.6. The van der Waals surface area contributed by atoms with Crippen molar-refractivity contribution < 1.29 is 38.6 Å². The Morgan fingerprint density at radius 1 is 1.44 bits per heavy atom. The van der Waals surface area contributed by atoms with Gasteiger partial charge in [-0.2, -0.15) is 4.98 Å². The fourth-order valence-electron chi connectivity index (χ4n) is 2.61. The Hall–Kier alpha value is -2.19. The number of nitrogens with zero attached hydrogens (tertiary/aromatic N) is 3. The summed E-state index contributed by atoms with van der Waals surface area (Å²) < 4.78 is 21.7. The number of carbonyl (C=O) groups excluding carboxylic acids is 1. The van der Waals surface area contributed by atoms with Gasteiger partial charge in [0.2, 0.25) is 11.9 Å². The van der Waals surface area contributed by atoms with Crippen molar-refractivity contribution >= 4 is 30.8 Å². The van der Waals surface area contributed by atoms with Crippen LogP contribution in [0.3, 0.4) is 0 Å². The van der Waals surface area contributed by atoms with Crippen LogP contribution >= 0.6 is 7.82 Å². The van der Waals surface area contributed by atoms with Crippen LogP contribution < -0.4 is 10.9 Å². The van der Waals surface area contributed by atoms with Crippen molar-refractivity contribution in [3.8, 4) is 0 Å². The molecule has 0 radical (unpaired) electrons. The average Bonchev–Trinajstić information content (AvgIpc) is 3.07. The van der Waals surface area contributed by atoms with Crippen LogP contribution in [-0.4, -0.2) is 70.3 Å². The Morgan fingerprint density at radius 3 is 2.78 bits per heavy atom. The summed E-state index contributed by atoms with van der Waals surface area (Å²) in [5.74, 6) is -0.637. The van der Waals surface area contributed by atoms with Crippen molar-refractivity contribution in [1.82, 2.24) is 19.5 Å². The van der Waals surface area contributed by atoms with Crippen molar-refractivity contribution in [3.05, 3.63) is 16.7 Å². The van der Waals surface area contributed by atoms with Gasteiger partial charge in [0.15, 0.2) is 17.4 Å². The average molecular weight is 405 g/mol. The minimum Gasteiger partial charge on any atom is -0.387 e. The lowest BCUT2D eigenvalue weighted by Gasteiger charge is -2.16. The zero-order valence-corrected chi connectivity index (χ0v) is 14.6. The lowest BCUT2D eigenvalue weighted by atomic mass is 10.1. The van der Waals surface area contributed by atoms with Crippen molar-refractivity contribution in [2.24, 2.45) is 0 Å². The molecule has 2 aromatic heterocycles. The number of carbonyl (C=O) groups is 1. The SMILES string of the molecule is CC(=O)Nc1nc2c(ncn2[C@@H]2O[C@H](COP(=O)(O)O)[C@@H](O)[C@H]2O)c(=O)[nH]1. The van der Waals surface area contributed by atoms with Crippen LogP contribution in [0, 0.1) is 0 Å². The number of phosphoric ester groups is 1. The zero-order chi connectivity index (χ0) is 19.9. The maximum atomic E-state index is 12.1. The van der Waals surface area contributed by atoms with Crippen molar-refractivity contribution in [3.63, 3.8) is 0 Å². The summed E-state index contributed by atoms with van der Waals surface area (Å²) in [5.41, 5.74) is -0.809. The maximum absolute atomic E-state index is 12.1. The Morgan fingerprint density at radius 2 is 2.15 bits per heavy atom. The van der Waals surface area contributed by atoms with Gasteiger partial charge in [0.05, 0.1) is 12.9 Å². The molecule has 1 amide bonds. The fourth-order valence-corrected chi connectivity index (χ4v) is 2.95. The number of hydrogen-bond acceptors (Lipinski definition) is 9. The molecule has 2 aromatic rings. The molecule has 0 spiro atoms. The van der Waals surface area contributed by atoms with Gasteiger partial charge in [-0.1, -0.05) is 0 Å². The first-order chi connectivity index (χ1) is 12.6. The van der Waals surface area contributed by atoms with Gasteiger partial charge in [0.25, 0.3) is 5.56 Å². The Balaban J connectivity index is 1.92. The van der Waals surface area contributed by atoms with Crippen molar-refractivity contribution in [1.29, 1.82) is 0 Å². The molecule has 4 atom stereocenters. The smallest absolute Gasteiger partial charge is 0.387 e. The van der Waals surface area contributed by atoms with E-state index >= 15 is 0 Å². The molecule has 0 bridgehead atoms. The number of phosphoric acid groups is 1. The van der Waals surface area contributed by atoms with Crippen LogP contribution in [0.1, 0.15) is 13.2 Å². The zero-order valence-electron chi connectivity index (χ0n) is 13.7. The molecular formula is C12H16N5O9P. The number of fused-ring (bicyclic) bond motifs is 1. The van der Waals surface area contributed by atoms with Gasteiger partial charge in [-0.3, -0.25) is 29.0 Å². The fraction of sp³-hybridized carbons (Fsp3) is 0.500. The topological polar surface area (TPSA) is 209 Å². The molecule has 1 fully saturated rings.